The van der Waals surface area contributed by atoms with Crippen LogP contribution in [-0.2, 0) is 11.2 Å². The van der Waals surface area contributed by atoms with Gasteiger partial charge in [-0.1, -0.05) is 0 Å². The molecule has 1 aliphatic heterocycles. The first kappa shape index (κ1) is 16.1. The van der Waals surface area contributed by atoms with Crippen molar-refractivity contribution >= 4 is 44.5 Å². The third-order valence-electron chi connectivity index (χ3n) is 3.73. The topological polar surface area (TPSA) is 36.4 Å². The summed E-state index contributed by atoms with van der Waals surface area (Å²) < 4.78 is 1.08. The van der Waals surface area contributed by atoms with Crippen LogP contribution in [0.3, 0.4) is 0 Å². The number of halogens is 1. The molecule has 0 aromatic carbocycles. The Labute approximate surface area is 146 Å². The number of hydrogen-bond donors (Lipinski definition) is 0. The van der Waals surface area contributed by atoms with Crippen molar-refractivity contribution in [1.82, 2.24) is 14.8 Å². The molecule has 0 aliphatic carbocycles. The normalized spacial score (nSPS) is 16.7. The monoisotopic (exact) mass is 399 g/mol. The van der Waals surface area contributed by atoms with Gasteiger partial charge in [0.1, 0.15) is 5.01 Å². The number of aromatic nitrogens is 1. The molecule has 2 aromatic heterocycles. The maximum atomic E-state index is 12.4. The van der Waals surface area contributed by atoms with Crippen molar-refractivity contribution in [2.45, 2.75) is 12.8 Å². The zero-order valence-electron chi connectivity index (χ0n) is 12.4. The second-order valence-electron chi connectivity index (χ2n) is 5.49. The van der Waals surface area contributed by atoms with Gasteiger partial charge in [-0.2, -0.15) is 0 Å². The lowest BCUT2D eigenvalue weighted by molar-refractivity contribution is -0.130. The second-order valence-corrected chi connectivity index (χ2v) is 8.17. The average molecular weight is 400 g/mol. The van der Waals surface area contributed by atoms with Crippen molar-refractivity contribution in [3.63, 3.8) is 0 Å². The van der Waals surface area contributed by atoms with Crippen LogP contribution < -0.4 is 0 Å². The minimum absolute atomic E-state index is 0.194. The summed E-state index contributed by atoms with van der Waals surface area (Å²) in [4.78, 5) is 22.5. The number of nitrogens with zero attached hydrogens (tertiary/aromatic N) is 3. The van der Waals surface area contributed by atoms with E-state index in [-0.39, 0.29) is 5.91 Å². The van der Waals surface area contributed by atoms with E-state index >= 15 is 0 Å². The Bertz CT molecular complexity index is 655. The van der Waals surface area contributed by atoms with E-state index in [0.717, 1.165) is 52.7 Å². The number of thiophene rings is 1. The Morgan fingerprint density at radius 1 is 1.27 bits per heavy atom. The first-order valence-corrected chi connectivity index (χ1v) is 9.82. The highest BCUT2D eigenvalue weighted by Crippen LogP contribution is 2.32. The van der Waals surface area contributed by atoms with E-state index < -0.39 is 0 Å². The van der Waals surface area contributed by atoms with Gasteiger partial charge in [0.15, 0.2) is 0 Å². The highest BCUT2D eigenvalue weighted by Gasteiger charge is 2.19. The van der Waals surface area contributed by atoms with E-state index in [1.807, 2.05) is 10.3 Å². The lowest BCUT2D eigenvalue weighted by Crippen LogP contribution is -2.35. The van der Waals surface area contributed by atoms with E-state index in [9.17, 15) is 4.79 Å². The van der Waals surface area contributed by atoms with Crippen LogP contribution in [0.25, 0.3) is 9.88 Å². The number of rotatable bonds is 3. The van der Waals surface area contributed by atoms with Crippen molar-refractivity contribution in [3.05, 3.63) is 27.0 Å². The number of amides is 1. The van der Waals surface area contributed by atoms with Crippen LogP contribution in [0.2, 0.25) is 0 Å². The van der Waals surface area contributed by atoms with Gasteiger partial charge in [0.25, 0.3) is 0 Å². The fourth-order valence-electron chi connectivity index (χ4n) is 2.49. The molecule has 7 heteroatoms. The molecule has 0 atom stereocenters. The van der Waals surface area contributed by atoms with Gasteiger partial charge in [-0.3, -0.25) is 4.79 Å². The molecular formula is C15H18BrN3OS2. The predicted octanol–water partition coefficient (Wildman–Crippen LogP) is 3.34. The van der Waals surface area contributed by atoms with Gasteiger partial charge in [0, 0.05) is 34.9 Å². The summed E-state index contributed by atoms with van der Waals surface area (Å²) in [5.41, 5.74) is 0.882. The Morgan fingerprint density at radius 2 is 2.14 bits per heavy atom. The van der Waals surface area contributed by atoms with Crippen LogP contribution in [0.4, 0.5) is 0 Å². The maximum Gasteiger partial charge on any atom is 0.228 e. The van der Waals surface area contributed by atoms with Gasteiger partial charge < -0.3 is 9.80 Å². The van der Waals surface area contributed by atoms with Crippen LogP contribution in [0, 0.1) is 0 Å². The molecule has 1 fully saturated rings. The van der Waals surface area contributed by atoms with Gasteiger partial charge in [0.05, 0.1) is 17.0 Å². The van der Waals surface area contributed by atoms with E-state index in [0.29, 0.717) is 6.42 Å². The average Bonchev–Trinajstić information content (AvgIpc) is 3.05. The highest BCUT2D eigenvalue weighted by atomic mass is 79.9. The molecule has 0 radical (unpaired) electrons. The molecule has 1 aliphatic rings. The van der Waals surface area contributed by atoms with Crippen molar-refractivity contribution in [3.8, 4) is 9.88 Å². The largest absolute Gasteiger partial charge is 0.341 e. The van der Waals surface area contributed by atoms with Crippen LogP contribution in [0.5, 0.6) is 0 Å². The SMILES string of the molecule is CN1CCCN(C(=O)Cc2csc(-c3cc(Br)cs3)n2)CC1. The molecule has 0 N–H and O–H groups in total. The number of carbonyl (C=O) groups excluding carboxylic acids is 1. The molecule has 4 nitrogen and oxygen atoms in total. The molecule has 0 spiro atoms. The zero-order valence-corrected chi connectivity index (χ0v) is 15.6. The number of hydrogen-bond acceptors (Lipinski definition) is 5. The third-order valence-corrected chi connectivity index (χ3v) is 6.49. The summed E-state index contributed by atoms with van der Waals surface area (Å²) >= 11 is 6.74. The van der Waals surface area contributed by atoms with Gasteiger partial charge in [0.2, 0.25) is 5.91 Å². The fourth-order valence-corrected chi connectivity index (χ4v) is 4.82. The lowest BCUT2D eigenvalue weighted by Gasteiger charge is -2.20. The summed E-state index contributed by atoms with van der Waals surface area (Å²) in [6.45, 7) is 3.71. The molecule has 0 saturated carbocycles. The first-order chi connectivity index (χ1) is 10.6. The van der Waals surface area contributed by atoms with Gasteiger partial charge in [-0.25, -0.2) is 4.98 Å². The minimum atomic E-state index is 0.194. The number of carbonyl (C=O) groups is 1. The summed E-state index contributed by atoms with van der Waals surface area (Å²) in [5, 5.41) is 5.05. The lowest BCUT2D eigenvalue weighted by atomic mass is 10.3. The van der Waals surface area contributed by atoms with Gasteiger partial charge in [-0.15, -0.1) is 22.7 Å². The minimum Gasteiger partial charge on any atom is -0.341 e. The van der Waals surface area contributed by atoms with E-state index in [2.05, 4.69) is 44.3 Å². The Balaban J connectivity index is 1.63. The van der Waals surface area contributed by atoms with Crippen LogP contribution in [0.1, 0.15) is 12.1 Å². The summed E-state index contributed by atoms with van der Waals surface area (Å²) in [6, 6.07) is 2.07. The van der Waals surface area contributed by atoms with Crippen molar-refractivity contribution in [1.29, 1.82) is 0 Å². The summed E-state index contributed by atoms with van der Waals surface area (Å²) in [6.07, 6.45) is 1.46. The Kier molecular flexibility index (Phi) is 5.28. The number of thiazole rings is 1. The second kappa shape index (κ2) is 7.21. The molecule has 0 unspecified atom stereocenters. The molecule has 0 bridgehead atoms. The first-order valence-electron chi connectivity index (χ1n) is 7.27. The Hall–Kier alpha value is -0.760. The van der Waals surface area contributed by atoms with Crippen LogP contribution in [0.15, 0.2) is 21.3 Å². The van der Waals surface area contributed by atoms with Crippen molar-refractivity contribution in [2.24, 2.45) is 0 Å². The predicted molar refractivity (Wildman–Crippen MR) is 95.5 cm³/mol. The summed E-state index contributed by atoms with van der Waals surface area (Å²) in [5.74, 6) is 0.194. The van der Waals surface area contributed by atoms with Crippen LogP contribution in [-0.4, -0.2) is 53.9 Å². The van der Waals surface area contributed by atoms with E-state index in [4.69, 9.17) is 0 Å². The standard InChI is InChI=1S/C15H18BrN3OS2/c1-18-3-2-4-19(6-5-18)14(20)8-12-10-22-15(17-12)13-7-11(16)9-21-13/h7,9-10H,2-6,8H2,1H3. The smallest absolute Gasteiger partial charge is 0.228 e. The maximum absolute atomic E-state index is 12.4. The molecular weight excluding hydrogens is 382 g/mol. The van der Waals surface area contributed by atoms with E-state index in [1.165, 1.54) is 0 Å². The zero-order chi connectivity index (χ0) is 15.5. The summed E-state index contributed by atoms with van der Waals surface area (Å²) in [7, 11) is 2.11. The molecule has 1 amide bonds. The van der Waals surface area contributed by atoms with Crippen LogP contribution >= 0.6 is 38.6 Å². The molecule has 3 rings (SSSR count). The molecule has 1 saturated heterocycles. The molecule has 3 heterocycles. The molecule has 2 aromatic rings. The van der Waals surface area contributed by atoms with Gasteiger partial charge >= 0.3 is 0 Å². The number of likely N-dealkylation sites (N-methyl/N-ethyl adjacent to an activating group) is 1. The highest BCUT2D eigenvalue weighted by molar-refractivity contribution is 9.10. The van der Waals surface area contributed by atoms with E-state index in [1.54, 1.807) is 22.7 Å². The molecule has 118 valence electrons. The van der Waals surface area contributed by atoms with Gasteiger partial charge in [-0.05, 0) is 42.0 Å². The third kappa shape index (κ3) is 3.95. The fraction of sp³-hybridized carbons (Fsp3) is 0.467. The molecule has 22 heavy (non-hydrogen) atoms. The quantitative estimate of drug-likeness (QED) is 0.793. The Morgan fingerprint density at radius 3 is 2.91 bits per heavy atom. The van der Waals surface area contributed by atoms with Crippen molar-refractivity contribution in [2.75, 3.05) is 33.2 Å². The van der Waals surface area contributed by atoms with Crippen molar-refractivity contribution < 1.29 is 4.79 Å².